The lowest BCUT2D eigenvalue weighted by Gasteiger charge is -2.07. The van der Waals surface area contributed by atoms with Gasteiger partial charge in [0.15, 0.2) is 5.65 Å². The summed E-state index contributed by atoms with van der Waals surface area (Å²) >= 11 is 0. The van der Waals surface area contributed by atoms with E-state index in [0.29, 0.717) is 31.1 Å². The van der Waals surface area contributed by atoms with Crippen LogP contribution in [0.2, 0.25) is 0 Å². The minimum Gasteiger partial charge on any atom is -0.478 e. The molecule has 0 aliphatic carbocycles. The van der Waals surface area contributed by atoms with Gasteiger partial charge in [-0.3, -0.25) is 4.79 Å². The van der Waals surface area contributed by atoms with Gasteiger partial charge in [0, 0.05) is 30.4 Å². The number of benzene rings is 1. The van der Waals surface area contributed by atoms with E-state index in [2.05, 4.69) is 20.4 Å². The molecule has 1 amide bonds. The summed E-state index contributed by atoms with van der Waals surface area (Å²) in [5.74, 6) is 0.359. The van der Waals surface area contributed by atoms with E-state index in [1.165, 1.54) is 0 Å². The van der Waals surface area contributed by atoms with Crippen molar-refractivity contribution in [1.29, 1.82) is 0 Å². The van der Waals surface area contributed by atoms with Crippen LogP contribution in [0.1, 0.15) is 28.4 Å². The number of amides is 1. The Hall–Kier alpha value is -3.74. The van der Waals surface area contributed by atoms with Crippen molar-refractivity contribution in [1.82, 2.24) is 25.1 Å². The molecule has 4 rings (SSSR count). The van der Waals surface area contributed by atoms with Crippen molar-refractivity contribution < 1.29 is 9.53 Å². The van der Waals surface area contributed by atoms with Crippen molar-refractivity contribution in [2.45, 2.75) is 20.0 Å². The molecular weight excluding hydrogens is 366 g/mol. The molecule has 0 spiro atoms. The lowest BCUT2D eigenvalue weighted by atomic mass is 10.2. The smallest absolute Gasteiger partial charge is 0.253 e. The minimum atomic E-state index is -0.190. The zero-order valence-corrected chi connectivity index (χ0v) is 16.1. The second kappa shape index (κ2) is 8.52. The predicted molar refractivity (Wildman–Crippen MR) is 110 cm³/mol. The number of aromatic nitrogens is 4. The Labute approximate surface area is 168 Å². The molecule has 1 N–H and O–H groups in total. The molecular formula is C22H21N5O2. The number of hydrogen-bond acceptors (Lipinski definition) is 5. The topological polar surface area (TPSA) is 81.9 Å². The van der Waals surface area contributed by atoms with Crippen LogP contribution in [-0.2, 0) is 13.1 Å². The van der Waals surface area contributed by atoms with Gasteiger partial charge in [0.05, 0.1) is 24.9 Å². The van der Waals surface area contributed by atoms with Crippen molar-refractivity contribution in [3.8, 4) is 5.88 Å². The Balaban J connectivity index is 1.45. The van der Waals surface area contributed by atoms with Crippen molar-refractivity contribution in [3.63, 3.8) is 0 Å². The summed E-state index contributed by atoms with van der Waals surface area (Å²) in [6.07, 6.45) is 4.99. The van der Waals surface area contributed by atoms with Crippen LogP contribution in [0.15, 0.2) is 67.1 Å². The van der Waals surface area contributed by atoms with Gasteiger partial charge < -0.3 is 10.1 Å². The molecule has 0 saturated heterocycles. The number of fused-ring (bicyclic) bond motifs is 1. The normalized spacial score (nSPS) is 10.8. The third-order valence-corrected chi connectivity index (χ3v) is 4.46. The number of ether oxygens (including phenoxy) is 1. The molecule has 3 heterocycles. The molecule has 0 aliphatic heterocycles. The van der Waals surface area contributed by atoms with Gasteiger partial charge in [0.1, 0.15) is 0 Å². The molecule has 146 valence electrons. The average Bonchev–Trinajstić information content (AvgIpc) is 3.15. The van der Waals surface area contributed by atoms with Crippen molar-refractivity contribution in [2.24, 2.45) is 0 Å². The van der Waals surface area contributed by atoms with Gasteiger partial charge in [-0.05, 0) is 30.2 Å². The second-order valence-electron chi connectivity index (χ2n) is 6.54. The van der Waals surface area contributed by atoms with E-state index in [9.17, 15) is 4.79 Å². The molecule has 0 fully saturated rings. The zero-order valence-electron chi connectivity index (χ0n) is 16.1. The van der Waals surface area contributed by atoms with Gasteiger partial charge in [-0.2, -0.15) is 5.10 Å². The monoisotopic (exact) mass is 387 g/mol. The molecule has 0 atom stereocenters. The molecule has 7 heteroatoms. The average molecular weight is 387 g/mol. The predicted octanol–water partition coefficient (Wildman–Crippen LogP) is 3.20. The van der Waals surface area contributed by atoms with Crippen LogP contribution in [0, 0.1) is 0 Å². The molecule has 0 saturated carbocycles. The fourth-order valence-corrected chi connectivity index (χ4v) is 3.04. The highest BCUT2D eigenvalue weighted by Gasteiger charge is 2.11. The number of pyridine rings is 2. The molecule has 0 unspecified atom stereocenters. The van der Waals surface area contributed by atoms with Crippen LogP contribution >= 0.6 is 0 Å². The maximum atomic E-state index is 12.5. The summed E-state index contributed by atoms with van der Waals surface area (Å²) in [7, 11) is 0. The third-order valence-electron chi connectivity index (χ3n) is 4.46. The number of nitrogens with zero attached hydrogens (tertiary/aromatic N) is 4. The molecule has 4 aromatic rings. The number of carbonyl (C=O) groups is 1. The van der Waals surface area contributed by atoms with Gasteiger partial charge in [-0.25, -0.2) is 14.6 Å². The summed E-state index contributed by atoms with van der Waals surface area (Å²) < 4.78 is 7.22. The van der Waals surface area contributed by atoms with Gasteiger partial charge >= 0.3 is 0 Å². The minimum absolute atomic E-state index is 0.190. The number of hydrogen-bond donors (Lipinski definition) is 1. The summed E-state index contributed by atoms with van der Waals surface area (Å²) in [5, 5.41) is 8.15. The van der Waals surface area contributed by atoms with Crippen LogP contribution in [0.25, 0.3) is 11.0 Å². The highest BCUT2D eigenvalue weighted by molar-refractivity contribution is 5.96. The van der Waals surface area contributed by atoms with Crippen LogP contribution in [0.4, 0.5) is 0 Å². The van der Waals surface area contributed by atoms with Crippen LogP contribution in [-0.4, -0.2) is 32.3 Å². The van der Waals surface area contributed by atoms with Crippen molar-refractivity contribution >= 4 is 16.9 Å². The summed E-state index contributed by atoms with van der Waals surface area (Å²) in [6, 6.07) is 15.5. The first-order valence-corrected chi connectivity index (χ1v) is 9.44. The van der Waals surface area contributed by atoms with Gasteiger partial charge in [0.25, 0.3) is 5.91 Å². The van der Waals surface area contributed by atoms with Crippen molar-refractivity contribution in [2.75, 3.05) is 6.61 Å². The van der Waals surface area contributed by atoms with E-state index in [1.807, 2.05) is 60.1 Å². The molecule has 7 nitrogen and oxygen atoms in total. The SMILES string of the molecule is CCOc1cc(CNC(=O)c2cnc3c(cnn3Cc3ccccc3)c2)ccn1. The quantitative estimate of drug-likeness (QED) is 0.527. The van der Waals surface area contributed by atoms with E-state index in [-0.39, 0.29) is 5.91 Å². The number of rotatable bonds is 7. The number of carbonyl (C=O) groups excluding carboxylic acids is 1. The van der Waals surface area contributed by atoms with Crippen LogP contribution < -0.4 is 10.1 Å². The van der Waals surface area contributed by atoms with Gasteiger partial charge in [-0.1, -0.05) is 30.3 Å². The Morgan fingerprint density at radius 2 is 1.93 bits per heavy atom. The van der Waals surface area contributed by atoms with Gasteiger partial charge in [-0.15, -0.1) is 0 Å². The third kappa shape index (κ3) is 4.40. The fraction of sp³-hybridized carbons (Fsp3) is 0.182. The lowest BCUT2D eigenvalue weighted by molar-refractivity contribution is 0.0950. The van der Waals surface area contributed by atoms with Crippen molar-refractivity contribution in [3.05, 3.63) is 83.8 Å². The maximum absolute atomic E-state index is 12.5. The number of nitrogens with one attached hydrogen (secondary N) is 1. The molecule has 0 bridgehead atoms. The van der Waals surface area contributed by atoms with Crippen LogP contribution in [0.5, 0.6) is 5.88 Å². The van der Waals surface area contributed by atoms with Crippen LogP contribution in [0.3, 0.4) is 0 Å². The highest BCUT2D eigenvalue weighted by Crippen LogP contribution is 2.15. The van der Waals surface area contributed by atoms with E-state index in [0.717, 1.165) is 22.2 Å². The Morgan fingerprint density at radius 3 is 2.76 bits per heavy atom. The summed E-state index contributed by atoms with van der Waals surface area (Å²) in [5.41, 5.74) is 3.31. The first kappa shape index (κ1) is 18.6. The molecule has 29 heavy (non-hydrogen) atoms. The molecule has 3 aromatic heterocycles. The Morgan fingerprint density at radius 1 is 1.07 bits per heavy atom. The fourth-order valence-electron chi connectivity index (χ4n) is 3.04. The summed E-state index contributed by atoms with van der Waals surface area (Å²) in [6.45, 7) is 3.47. The maximum Gasteiger partial charge on any atom is 0.253 e. The van der Waals surface area contributed by atoms with E-state index in [4.69, 9.17) is 4.74 Å². The molecule has 0 aliphatic rings. The highest BCUT2D eigenvalue weighted by atomic mass is 16.5. The lowest BCUT2D eigenvalue weighted by Crippen LogP contribution is -2.23. The van der Waals surface area contributed by atoms with Gasteiger partial charge in [0.2, 0.25) is 5.88 Å². The largest absolute Gasteiger partial charge is 0.478 e. The molecule has 0 radical (unpaired) electrons. The van der Waals surface area contributed by atoms with E-state index >= 15 is 0 Å². The van der Waals surface area contributed by atoms with E-state index in [1.54, 1.807) is 18.6 Å². The molecule has 1 aromatic carbocycles. The second-order valence-corrected chi connectivity index (χ2v) is 6.54. The Kier molecular flexibility index (Phi) is 5.47. The Bertz CT molecular complexity index is 1120. The standard InChI is InChI=1S/C22H21N5O2/c1-2-29-20-10-17(8-9-23-20)12-25-22(28)19-11-18-14-26-27(21(18)24-13-19)15-16-6-4-3-5-7-16/h3-11,13-14H,2,12,15H2,1H3,(H,25,28). The summed E-state index contributed by atoms with van der Waals surface area (Å²) in [4.78, 5) is 21.1. The first-order chi connectivity index (χ1) is 14.2. The zero-order chi connectivity index (χ0) is 20.1. The van der Waals surface area contributed by atoms with E-state index < -0.39 is 0 Å². The first-order valence-electron chi connectivity index (χ1n) is 9.44.